The summed E-state index contributed by atoms with van der Waals surface area (Å²) < 4.78 is 5.34. The Morgan fingerprint density at radius 2 is 2.14 bits per heavy atom. The molecular weight excluding hydrogens is 290 g/mol. The molecule has 1 aromatic carbocycles. The summed E-state index contributed by atoms with van der Waals surface area (Å²) in [5, 5.41) is 3.16. The number of anilines is 2. The molecule has 3 N–H and O–H groups in total. The van der Waals surface area contributed by atoms with Crippen molar-refractivity contribution in [3.63, 3.8) is 0 Å². The minimum Gasteiger partial charge on any atom is -0.492 e. The zero-order chi connectivity index (χ0) is 15.4. The second kappa shape index (κ2) is 6.45. The van der Waals surface area contributed by atoms with Gasteiger partial charge in [0.2, 0.25) is 0 Å². The summed E-state index contributed by atoms with van der Waals surface area (Å²) in [7, 11) is 0. The van der Waals surface area contributed by atoms with Crippen LogP contribution in [0.5, 0.6) is 5.75 Å². The summed E-state index contributed by atoms with van der Waals surface area (Å²) in [5.74, 6) is 0.301. The number of carbonyl (C=O) groups is 1. The average molecular weight is 306 g/mol. The van der Waals surface area contributed by atoms with Crippen LogP contribution in [-0.2, 0) is 0 Å². The Balaban J connectivity index is 2.18. The number of pyridine rings is 1. The summed E-state index contributed by atoms with van der Waals surface area (Å²) in [6, 6.07) is 8.26. The summed E-state index contributed by atoms with van der Waals surface area (Å²) in [6.45, 7) is 4.16. The average Bonchev–Trinajstić information content (AvgIpc) is 2.44. The molecule has 0 aliphatic heterocycles. The van der Waals surface area contributed by atoms with Crippen LogP contribution in [-0.4, -0.2) is 17.5 Å². The van der Waals surface area contributed by atoms with Gasteiger partial charge in [-0.1, -0.05) is 11.6 Å². The lowest BCUT2D eigenvalue weighted by molar-refractivity contribution is 0.102. The highest BCUT2D eigenvalue weighted by Gasteiger charge is 2.11. The minimum absolute atomic E-state index is 0.267. The van der Waals surface area contributed by atoms with E-state index in [1.165, 1.54) is 0 Å². The second-order valence-electron chi connectivity index (χ2n) is 4.41. The van der Waals surface area contributed by atoms with Gasteiger partial charge in [-0.15, -0.1) is 0 Å². The van der Waals surface area contributed by atoms with Gasteiger partial charge in [0.25, 0.3) is 5.91 Å². The Bertz CT molecular complexity index is 674. The van der Waals surface area contributed by atoms with E-state index in [9.17, 15) is 4.79 Å². The van der Waals surface area contributed by atoms with Crippen molar-refractivity contribution < 1.29 is 9.53 Å². The molecule has 0 bridgehead atoms. The molecule has 0 spiro atoms. The van der Waals surface area contributed by atoms with Gasteiger partial charge in [-0.25, -0.2) is 4.98 Å². The number of hydrogen-bond acceptors (Lipinski definition) is 4. The van der Waals surface area contributed by atoms with E-state index in [1.807, 2.05) is 6.92 Å². The predicted octanol–water partition coefficient (Wildman–Crippen LogP) is 3.28. The van der Waals surface area contributed by atoms with Crippen LogP contribution in [0.25, 0.3) is 0 Å². The number of nitrogens with one attached hydrogen (secondary N) is 1. The van der Waals surface area contributed by atoms with Crippen molar-refractivity contribution in [1.29, 1.82) is 0 Å². The van der Waals surface area contributed by atoms with E-state index in [0.29, 0.717) is 40.1 Å². The van der Waals surface area contributed by atoms with E-state index < -0.39 is 0 Å². The van der Waals surface area contributed by atoms with Crippen molar-refractivity contribution in [2.24, 2.45) is 0 Å². The molecule has 1 aromatic heterocycles. The monoisotopic (exact) mass is 305 g/mol. The maximum atomic E-state index is 12.2. The maximum Gasteiger partial charge on any atom is 0.255 e. The minimum atomic E-state index is -0.267. The van der Waals surface area contributed by atoms with Gasteiger partial charge in [0.15, 0.2) is 0 Å². The third kappa shape index (κ3) is 3.64. The van der Waals surface area contributed by atoms with Gasteiger partial charge in [0.1, 0.15) is 10.9 Å². The molecule has 0 aliphatic carbocycles. The zero-order valence-corrected chi connectivity index (χ0v) is 12.6. The van der Waals surface area contributed by atoms with Crippen LogP contribution < -0.4 is 15.8 Å². The lowest BCUT2D eigenvalue weighted by atomic mass is 10.1. The Morgan fingerprint density at radius 1 is 1.38 bits per heavy atom. The normalized spacial score (nSPS) is 10.2. The van der Waals surface area contributed by atoms with Crippen LogP contribution in [0.3, 0.4) is 0 Å². The molecule has 5 nitrogen and oxygen atoms in total. The number of benzene rings is 1. The molecule has 2 aromatic rings. The summed E-state index contributed by atoms with van der Waals surface area (Å²) in [5.41, 5.74) is 7.99. The molecule has 1 heterocycles. The molecule has 1 amide bonds. The topological polar surface area (TPSA) is 77.2 Å². The van der Waals surface area contributed by atoms with Crippen LogP contribution in [0.4, 0.5) is 11.4 Å². The number of rotatable bonds is 4. The molecule has 0 saturated heterocycles. The highest BCUT2D eigenvalue weighted by Crippen LogP contribution is 2.23. The van der Waals surface area contributed by atoms with Crippen molar-refractivity contribution in [2.75, 3.05) is 17.7 Å². The highest BCUT2D eigenvalue weighted by atomic mass is 35.5. The van der Waals surface area contributed by atoms with E-state index >= 15 is 0 Å². The first-order chi connectivity index (χ1) is 10.0. The molecule has 0 radical (unpaired) electrons. The molecule has 0 saturated carbocycles. The second-order valence-corrected chi connectivity index (χ2v) is 4.79. The van der Waals surface area contributed by atoms with E-state index in [1.54, 1.807) is 37.3 Å². The van der Waals surface area contributed by atoms with E-state index in [0.717, 1.165) is 0 Å². The third-order valence-electron chi connectivity index (χ3n) is 2.87. The largest absolute Gasteiger partial charge is 0.492 e. The molecule has 0 fully saturated rings. The van der Waals surface area contributed by atoms with Crippen LogP contribution in [0.15, 0.2) is 30.3 Å². The molecule has 6 heteroatoms. The molecule has 2 rings (SSSR count). The van der Waals surface area contributed by atoms with E-state index in [2.05, 4.69) is 10.3 Å². The Labute approximate surface area is 128 Å². The molecular formula is C15H16ClN3O2. The summed E-state index contributed by atoms with van der Waals surface area (Å²) in [6.07, 6.45) is 0. The number of aryl methyl sites for hydroxylation is 1. The first-order valence-corrected chi connectivity index (χ1v) is 6.86. The summed E-state index contributed by atoms with van der Waals surface area (Å²) >= 11 is 5.78. The van der Waals surface area contributed by atoms with E-state index in [-0.39, 0.29) is 5.91 Å². The lowest BCUT2D eigenvalue weighted by Gasteiger charge is -2.10. The number of carbonyl (C=O) groups excluding carboxylic acids is 1. The van der Waals surface area contributed by atoms with Gasteiger partial charge < -0.3 is 15.8 Å². The molecule has 0 aliphatic rings. The van der Waals surface area contributed by atoms with Crippen molar-refractivity contribution in [3.8, 4) is 5.75 Å². The standard InChI is InChI=1S/C15H16ClN3O2/c1-3-21-13-6-4-10(8-11(13)17)15(20)19-12-5-7-14(16)18-9(12)2/h4-8H,3,17H2,1-2H3,(H,19,20). The number of nitrogens with two attached hydrogens (primary N) is 1. The number of aromatic nitrogens is 1. The van der Waals surface area contributed by atoms with Gasteiger partial charge in [0, 0.05) is 5.56 Å². The number of halogens is 1. The Morgan fingerprint density at radius 3 is 2.76 bits per heavy atom. The smallest absolute Gasteiger partial charge is 0.255 e. The first-order valence-electron chi connectivity index (χ1n) is 6.48. The van der Waals surface area contributed by atoms with Crippen LogP contribution in [0, 0.1) is 6.92 Å². The van der Waals surface area contributed by atoms with Crippen LogP contribution >= 0.6 is 11.6 Å². The quantitative estimate of drug-likeness (QED) is 0.671. The fraction of sp³-hybridized carbons (Fsp3) is 0.200. The zero-order valence-electron chi connectivity index (χ0n) is 11.8. The highest BCUT2D eigenvalue weighted by molar-refractivity contribution is 6.29. The predicted molar refractivity (Wildman–Crippen MR) is 84.0 cm³/mol. The Kier molecular flexibility index (Phi) is 4.65. The number of nitrogens with zero attached hydrogens (tertiary/aromatic N) is 1. The van der Waals surface area contributed by atoms with Crippen LogP contribution in [0.2, 0.25) is 5.15 Å². The number of nitrogen functional groups attached to an aromatic ring is 1. The van der Waals surface area contributed by atoms with Gasteiger partial charge in [-0.2, -0.15) is 0 Å². The Hall–Kier alpha value is -2.27. The number of amides is 1. The molecule has 110 valence electrons. The van der Waals surface area contributed by atoms with Crippen molar-refractivity contribution in [2.45, 2.75) is 13.8 Å². The fourth-order valence-electron chi connectivity index (χ4n) is 1.83. The van der Waals surface area contributed by atoms with Gasteiger partial charge in [-0.3, -0.25) is 4.79 Å². The molecule has 0 unspecified atom stereocenters. The molecule has 0 atom stereocenters. The molecule has 21 heavy (non-hydrogen) atoms. The van der Waals surface area contributed by atoms with Gasteiger partial charge >= 0.3 is 0 Å². The van der Waals surface area contributed by atoms with Gasteiger partial charge in [0.05, 0.1) is 23.7 Å². The third-order valence-corrected chi connectivity index (χ3v) is 3.08. The number of hydrogen-bond donors (Lipinski definition) is 2. The van der Waals surface area contributed by atoms with E-state index in [4.69, 9.17) is 22.1 Å². The summed E-state index contributed by atoms with van der Waals surface area (Å²) in [4.78, 5) is 16.3. The van der Waals surface area contributed by atoms with Crippen molar-refractivity contribution in [3.05, 3.63) is 46.7 Å². The van der Waals surface area contributed by atoms with Crippen molar-refractivity contribution >= 4 is 28.9 Å². The van der Waals surface area contributed by atoms with Crippen LogP contribution in [0.1, 0.15) is 23.0 Å². The number of ether oxygens (including phenoxy) is 1. The maximum absolute atomic E-state index is 12.2. The lowest BCUT2D eigenvalue weighted by Crippen LogP contribution is -2.13. The first kappa shape index (κ1) is 15.1. The fourth-order valence-corrected chi connectivity index (χ4v) is 2.02. The van der Waals surface area contributed by atoms with Crippen molar-refractivity contribution in [1.82, 2.24) is 4.98 Å². The SMILES string of the molecule is CCOc1ccc(C(=O)Nc2ccc(Cl)nc2C)cc1N. The van der Waals surface area contributed by atoms with Gasteiger partial charge in [-0.05, 0) is 44.2 Å².